The fourth-order valence-corrected chi connectivity index (χ4v) is 1.87. The molecule has 0 radical (unpaired) electrons. The number of hydrogen-bond donors (Lipinski definition) is 0. The first-order valence-electron chi connectivity index (χ1n) is 4.00. The van der Waals surface area contributed by atoms with Crippen molar-refractivity contribution in [3.63, 3.8) is 0 Å². The van der Waals surface area contributed by atoms with Gasteiger partial charge in [-0.15, -0.1) is 10.2 Å². The summed E-state index contributed by atoms with van der Waals surface area (Å²) in [5, 5.41) is 11.4. The molecule has 0 amide bonds. The monoisotopic (exact) mass is 230 g/mol. The van der Waals surface area contributed by atoms with Gasteiger partial charge in [0, 0.05) is 0 Å². The second-order valence-electron chi connectivity index (χ2n) is 3.00. The highest BCUT2D eigenvalue weighted by Gasteiger charge is 2.18. The summed E-state index contributed by atoms with van der Waals surface area (Å²) < 4.78 is 8.94. The van der Waals surface area contributed by atoms with E-state index in [1.807, 2.05) is 13.8 Å². The SMILES string of the molecule is CC(C)c1nnsc1-c1nnc(Cl)o1. The molecule has 0 aliphatic heterocycles. The molecule has 14 heavy (non-hydrogen) atoms. The van der Waals surface area contributed by atoms with Crippen LogP contribution in [0, 0.1) is 0 Å². The Bertz CT molecular complexity index is 438. The Morgan fingerprint density at radius 2 is 2.07 bits per heavy atom. The van der Waals surface area contributed by atoms with Gasteiger partial charge < -0.3 is 4.42 Å². The minimum Gasteiger partial charge on any atom is -0.406 e. The number of halogens is 1. The van der Waals surface area contributed by atoms with Gasteiger partial charge in [0.2, 0.25) is 0 Å². The van der Waals surface area contributed by atoms with Crippen molar-refractivity contribution in [2.75, 3.05) is 0 Å². The van der Waals surface area contributed by atoms with Gasteiger partial charge in [-0.25, -0.2) is 0 Å². The van der Waals surface area contributed by atoms with Crippen LogP contribution in [-0.2, 0) is 0 Å². The highest BCUT2D eigenvalue weighted by Crippen LogP contribution is 2.30. The lowest BCUT2D eigenvalue weighted by Gasteiger charge is -1.98. The third-order valence-electron chi connectivity index (χ3n) is 1.65. The molecule has 2 aromatic rings. The zero-order valence-electron chi connectivity index (χ0n) is 7.56. The Morgan fingerprint density at radius 1 is 1.29 bits per heavy atom. The van der Waals surface area contributed by atoms with Crippen LogP contribution < -0.4 is 0 Å². The topological polar surface area (TPSA) is 64.7 Å². The number of rotatable bonds is 2. The molecule has 0 aliphatic rings. The second kappa shape index (κ2) is 3.62. The van der Waals surface area contributed by atoms with Crippen molar-refractivity contribution in [2.24, 2.45) is 0 Å². The Morgan fingerprint density at radius 3 is 2.64 bits per heavy atom. The quantitative estimate of drug-likeness (QED) is 0.793. The molecule has 2 rings (SSSR count). The number of hydrogen-bond acceptors (Lipinski definition) is 6. The molecular formula is C7H7ClN4OS. The largest absolute Gasteiger partial charge is 0.406 e. The summed E-state index contributed by atoms with van der Waals surface area (Å²) in [7, 11) is 0. The van der Waals surface area contributed by atoms with Gasteiger partial charge in [-0.2, -0.15) is 0 Å². The molecule has 0 spiro atoms. The molecule has 0 bridgehead atoms. The number of nitrogens with zero attached hydrogens (tertiary/aromatic N) is 4. The summed E-state index contributed by atoms with van der Waals surface area (Å²) in [5.74, 6) is 0.656. The van der Waals surface area contributed by atoms with E-state index in [0.717, 1.165) is 10.6 Å². The minimum absolute atomic E-state index is 0.0307. The lowest BCUT2D eigenvalue weighted by molar-refractivity contribution is 0.570. The summed E-state index contributed by atoms with van der Waals surface area (Å²) in [6.45, 7) is 4.05. The van der Waals surface area contributed by atoms with Crippen LogP contribution in [0.4, 0.5) is 0 Å². The Hall–Kier alpha value is -1.01. The molecular weight excluding hydrogens is 224 g/mol. The molecule has 2 heterocycles. The first-order valence-corrected chi connectivity index (χ1v) is 5.15. The average molecular weight is 231 g/mol. The van der Waals surface area contributed by atoms with Crippen molar-refractivity contribution >= 4 is 23.1 Å². The molecule has 0 N–H and O–H groups in total. The molecule has 0 aliphatic carbocycles. The van der Waals surface area contributed by atoms with E-state index in [2.05, 4.69) is 19.8 Å². The van der Waals surface area contributed by atoms with E-state index in [4.69, 9.17) is 16.0 Å². The summed E-state index contributed by atoms with van der Waals surface area (Å²) >= 11 is 6.76. The molecule has 7 heteroatoms. The van der Waals surface area contributed by atoms with Gasteiger partial charge >= 0.3 is 5.35 Å². The van der Waals surface area contributed by atoms with Crippen LogP contribution >= 0.6 is 23.1 Å². The molecule has 0 fully saturated rings. The van der Waals surface area contributed by atoms with Crippen molar-refractivity contribution in [3.05, 3.63) is 11.0 Å². The average Bonchev–Trinajstić information content (AvgIpc) is 2.70. The van der Waals surface area contributed by atoms with Gasteiger partial charge in [-0.1, -0.05) is 23.4 Å². The van der Waals surface area contributed by atoms with Crippen LogP contribution in [0.25, 0.3) is 10.8 Å². The van der Waals surface area contributed by atoms with E-state index >= 15 is 0 Å². The van der Waals surface area contributed by atoms with E-state index in [9.17, 15) is 0 Å². The van der Waals surface area contributed by atoms with Crippen LogP contribution in [0.15, 0.2) is 4.42 Å². The first-order chi connectivity index (χ1) is 6.68. The van der Waals surface area contributed by atoms with Gasteiger partial charge in [0.05, 0.1) is 5.69 Å². The van der Waals surface area contributed by atoms with Crippen LogP contribution in [-0.4, -0.2) is 19.8 Å². The Balaban J connectivity index is 2.46. The van der Waals surface area contributed by atoms with Crippen molar-refractivity contribution in [2.45, 2.75) is 19.8 Å². The molecule has 0 atom stereocenters. The standard InChI is InChI=1S/C7H7ClN4OS/c1-3(2)4-5(14-12-9-4)6-10-11-7(8)13-6/h3H,1-2H3. The molecule has 74 valence electrons. The first kappa shape index (κ1) is 9.54. The molecule has 0 unspecified atom stereocenters. The normalized spacial score (nSPS) is 11.1. The summed E-state index contributed by atoms with van der Waals surface area (Å²) in [5.41, 5.74) is 0.857. The van der Waals surface area contributed by atoms with E-state index in [0.29, 0.717) is 5.89 Å². The Labute approximate surface area is 89.3 Å². The van der Waals surface area contributed by atoms with Crippen molar-refractivity contribution in [1.82, 2.24) is 19.8 Å². The maximum atomic E-state index is 5.53. The van der Waals surface area contributed by atoms with Crippen molar-refractivity contribution in [1.29, 1.82) is 0 Å². The maximum Gasteiger partial charge on any atom is 0.313 e. The lowest BCUT2D eigenvalue weighted by Crippen LogP contribution is -1.90. The molecule has 5 nitrogen and oxygen atoms in total. The van der Waals surface area contributed by atoms with Gasteiger partial charge in [0.25, 0.3) is 5.89 Å². The van der Waals surface area contributed by atoms with Gasteiger partial charge in [-0.05, 0) is 29.1 Å². The van der Waals surface area contributed by atoms with Crippen molar-refractivity contribution < 1.29 is 4.42 Å². The summed E-state index contributed by atoms with van der Waals surface area (Å²) in [4.78, 5) is 0.791. The zero-order chi connectivity index (χ0) is 10.1. The molecule has 0 aromatic carbocycles. The summed E-state index contributed by atoms with van der Waals surface area (Å²) in [6.07, 6.45) is 0. The highest BCUT2D eigenvalue weighted by atomic mass is 35.5. The van der Waals surface area contributed by atoms with Crippen LogP contribution in [0.5, 0.6) is 0 Å². The van der Waals surface area contributed by atoms with Crippen LogP contribution in [0.3, 0.4) is 0 Å². The second-order valence-corrected chi connectivity index (χ2v) is 4.08. The van der Waals surface area contributed by atoms with E-state index in [1.165, 1.54) is 11.5 Å². The van der Waals surface area contributed by atoms with E-state index in [-0.39, 0.29) is 11.3 Å². The fourth-order valence-electron chi connectivity index (χ4n) is 1.02. The maximum absolute atomic E-state index is 5.53. The van der Waals surface area contributed by atoms with Crippen molar-refractivity contribution in [3.8, 4) is 10.8 Å². The molecule has 0 saturated carbocycles. The Kier molecular flexibility index (Phi) is 2.47. The smallest absolute Gasteiger partial charge is 0.313 e. The molecule has 2 aromatic heterocycles. The third-order valence-corrected chi connectivity index (χ3v) is 2.54. The lowest BCUT2D eigenvalue weighted by atomic mass is 10.1. The van der Waals surface area contributed by atoms with Gasteiger partial charge in [-0.3, -0.25) is 0 Å². The fraction of sp³-hybridized carbons (Fsp3) is 0.429. The van der Waals surface area contributed by atoms with Gasteiger partial charge in [0.1, 0.15) is 4.88 Å². The number of aromatic nitrogens is 4. The third kappa shape index (κ3) is 1.62. The zero-order valence-corrected chi connectivity index (χ0v) is 9.13. The molecule has 0 saturated heterocycles. The highest BCUT2D eigenvalue weighted by molar-refractivity contribution is 7.09. The minimum atomic E-state index is 0.0307. The van der Waals surface area contributed by atoms with Crippen LogP contribution in [0.1, 0.15) is 25.5 Å². The predicted molar refractivity (Wildman–Crippen MR) is 52.3 cm³/mol. The van der Waals surface area contributed by atoms with Crippen LogP contribution in [0.2, 0.25) is 5.35 Å². The summed E-state index contributed by atoms with van der Waals surface area (Å²) in [6, 6.07) is 0. The predicted octanol–water partition coefficient (Wildman–Crippen LogP) is 2.36. The van der Waals surface area contributed by atoms with E-state index < -0.39 is 0 Å². The van der Waals surface area contributed by atoms with Gasteiger partial charge in [0.15, 0.2) is 0 Å². The van der Waals surface area contributed by atoms with E-state index in [1.54, 1.807) is 0 Å².